The predicted molar refractivity (Wildman–Crippen MR) is 129 cm³/mol. The number of hydrogen-bond donors (Lipinski definition) is 2. The number of hydrogen-bond acceptors (Lipinski definition) is 6. The smallest absolute Gasteiger partial charge is 0.119 e. The van der Waals surface area contributed by atoms with Gasteiger partial charge in [-0.25, -0.2) is 0 Å². The van der Waals surface area contributed by atoms with Crippen molar-refractivity contribution in [2.24, 2.45) is 11.8 Å². The van der Waals surface area contributed by atoms with E-state index in [1.807, 2.05) is 35.7 Å². The van der Waals surface area contributed by atoms with Gasteiger partial charge in [-0.3, -0.25) is 9.88 Å². The zero-order chi connectivity index (χ0) is 22.3. The van der Waals surface area contributed by atoms with Crippen molar-refractivity contribution in [2.75, 3.05) is 33.4 Å². The van der Waals surface area contributed by atoms with Crippen LogP contribution >= 0.6 is 11.3 Å². The van der Waals surface area contributed by atoms with Gasteiger partial charge in [-0.05, 0) is 78.9 Å². The van der Waals surface area contributed by atoms with Crippen molar-refractivity contribution in [1.82, 2.24) is 9.88 Å². The maximum Gasteiger partial charge on any atom is 0.119 e. The van der Waals surface area contributed by atoms with Crippen molar-refractivity contribution in [3.05, 3.63) is 58.4 Å². The van der Waals surface area contributed by atoms with Crippen LogP contribution in [0.25, 0.3) is 10.9 Å². The first kappa shape index (κ1) is 22.8. The summed E-state index contributed by atoms with van der Waals surface area (Å²) in [7, 11) is 1.64. The molecule has 0 unspecified atom stereocenters. The van der Waals surface area contributed by atoms with Gasteiger partial charge in [0.05, 0.1) is 25.3 Å². The van der Waals surface area contributed by atoms with E-state index >= 15 is 0 Å². The number of benzene rings is 1. The maximum absolute atomic E-state index is 11.0. The summed E-state index contributed by atoms with van der Waals surface area (Å²) in [6, 6.07) is 9.67. The monoisotopic (exact) mass is 450 g/mol. The van der Waals surface area contributed by atoms with Gasteiger partial charge in [-0.1, -0.05) is 11.8 Å². The first-order valence-corrected chi connectivity index (χ1v) is 12.1. The molecule has 1 fully saturated rings. The van der Waals surface area contributed by atoms with E-state index in [1.165, 1.54) is 0 Å². The molecule has 0 saturated carbocycles. The van der Waals surface area contributed by atoms with E-state index in [0.29, 0.717) is 12.3 Å². The van der Waals surface area contributed by atoms with Gasteiger partial charge in [0.15, 0.2) is 0 Å². The van der Waals surface area contributed by atoms with Crippen LogP contribution < -0.4 is 4.74 Å². The van der Waals surface area contributed by atoms with Gasteiger partial charge in [0.25, 0.3) is 0 Å². The summed E-state index contributed by atoms with van der Waals surface area (Å²) in [5, 5.41) is 26.0. The lowest BCUT2D eigenvalue weighted by Gasteiger charge is -2.37. The van der Waals surface area contributed by atoms with Crippen LogP contribution in [0.3, 0.4) is 0 Å². The Kier molecular flexibility index (Phi) is 7.77. The number of methoxy groups -OCH3 is 1. The number of pyridine rings is 1. The van der Waals surface area contributed by atoms with Gasteiger partial charge in [0, 0.05) is 35.7 Å². The number of aliphatic hydroxyl groups is 2. The van der Waals surface area contributed by atoms with Gasteiger partial charge >= 0.3 is 0 Å². The predicted octanol–water partition coefficient (Wildman–Crippen LogP) is 4.10. The van der Waals surface area contributed by atoms with Gasteiger partial charge in [0.1, 0.15) is 5.75 Å². The second-order valence-corrected chi connectivity index (χ2v) is 9.20. The molecule has 1 saturated heterocycles. The lowest BCUT2D eigenvalue weighted by Crippen LogP contribution is -2.42. The number of likely N-dealkylation sites (tertiary alicyclic amines) is 1. The van der Waals surface area contributed by atoms with Crippen molar-refractivity contribution in [2.45, 2.75) is 25.4 Å². The van der Waals surface area contributed by atoms with E-state index in [-0.39, 0.29) is 12.5 Å². The average molecular weight is 451 g/mol. The molecule has 3 atom stereocenters. The number of aromatic nitrogens is 1. The van der Waals surface area contributed by atoms with E-state index in [4.69, 9.17) is 4.74 Å². The Morgan fingerprint density at radius 1 is 1.28 bits per heavy atom. The Morgan fingerprint density at radius 3 is 2.97 bits per heavy atom. The topological polar surface area (TPSA) is 65.8 Å². The SMILES string of the molecule is COc1ccc2nccc([C@@H](O)CC[C@@H]3CCN(CC#Cc4ccsc4)C[C@@H]3CO)c2c1. The van der Waals surface area contributed by atoms with Crippen LogP contribution in [0.5, 0.6) is 5.75 Å². The van der Waals surface area contributed by atoms with Crippen molar-refractivity contribution < 1.29 is 14.9 Å². The van der Waals surface area contributed by atoms with Crippen molar-refractivity contribution in [3.8, 4) is 17.6 Å². The first-order valence-electron chi connectivity index (χ1n) is 11.1. The third-order valence-corrected chi connectivity index (χ3v) is 7.10. The summed E-state index contributed by atoms with van der Waals surface area (Å²) in [5.41, 5.74) is 2.81. The Morgan fingerprint density at radius 2 is 2.19 bits per heavy atom. The molecular weight excluding hydrogens is 420 g/mol. The van der Waals surface area contributed by atoms with E-state index in [1.54, 1.807) is 24.6 Å². The minimum atomic E-state index is -0.568. The summed E-state index contributed by atoms with van der Waals surface area (Å²) in [6.07, 6.45) is 3.74. The minimum Gasteiger partial charge on any atom is -0.497 e. The summed E-state index contributed by atoms with van der Waals surface area (Å²) >= 11 is 1.66. The fourth-order valence-electron chi connectivity index (χ4n) is 4.57. The average Bonchev–Trinajstić information content (AvgIpc) is 3.35. The molecule has 0 amide bonds. The summed E-state index contributed by atoms with van der Waals surface area (Å²) in [4.78, 5) is 6.74. The molecule has 4 rings (SSSR count). The van der Waals surface area contributed by atoms with Crippen LogP contribution in [-0.2, 0) is 0 Å². The highest BCUT2D eigenvalue weighted by molar-refractivity contribution is 7.08. The molecule has 5 nitrogen and oxygen atoms in total. The number of nitrogens with zero attached hydrogens (tertiary/aromatic N) is 2. The summed E-state index contributed by atoms with van der Waals surface area (Å²) in [5.74, 6) is 7.84. The van der Waals surface area contributed by atoms with E-state index in [0.717, 1.165) is 60.3 Å². The molecule has 1 aliphatic heterocycles. The number of thiophene rings is 1. The second kappa shape index (κ2) is 10.9. The molecule has 1 aliphatic rings. The van der Waals surface area contributed by atoms with Gasteiger partial charge in [0.2, 0.25) is 0 Å². The molecule has 3 heterocycles. The fourth-order valence-corrected chi connectivity index (χ4v) is 5.15. The van der Waals surface area contributed by atoms with Crippen molar-refractivity contribution in [3.63, 3.8) is 0 Å². The van der Waals surface area contributed by atoms with E-state index in [2.05, 4.69) is 27.1 Å². The summed E-state index contributed by atoms with van der Waals surface area (Å²) < 4.78 is 5.35. The van der Waals surface area contributed by atoms with Crippen LogP contribution in [-0.4, -0.2) is 53.4 Å². The molecule has 0 aliphatic carbocycles. The number of rotatable bonds is 7. The third kappa shape index (κ3) is 5.48. The highest BCUT2D eigenvalue weighted by Crippen LogP contribution is 2.33. The quantitative estimate of drug-likeness (QED) is 0.531. The fraction of sp³-hybridized carbons (Fsp3) is 0.423. The zero-order valence-electron chi connectivity index (χ0n) is 18.4. The Balaban J connectivity index is 1.35. The van der Waals surface area contributed by atoms with Crippen LogP contribution in [0.1, 0.15) is 36.5 Å². The molecule has 0 bridgehead atoms. The molecule has 0 spiro atoms. The van der Waals surface area contributed by atoms with Gasteiger partial charge in [-0.2, -0.15) is 11.3 Å². The zero-order valence-corrected chi connectivity index (χ0v) is 19.2. The lowest BCUT2D eigenvalue weighted by molar-refractivity contribution is 0.0640. The molecule has 1 aromatic carbocycles. The number of piperidine rings is 1. The molecular formula is C26H30N2O3S. The molecule has 2 N–H and O–H groups in total. The van der Waals surface area contributed by atoms with Gasteiger partial charge < -0.3 is 14.9 Å². The lowest BCUT2D eigenvalue weighted by atomic mass is 9.81. The van der Waals surface area contributed by atoms with Crippen LogP contribution in [0.2, 0.25) is 0 Å². The molecule has 32 heavy (non-hydrogen) atoms. The molecule has 6 heteroatoms. The summed E-state index contributed by atoms with van der Waals surface area (Å²) in [6.45, 7) is 2.73. The second-order valence-electron chi connectivity index (χ2n) is 8.42. The van der Waals surface area contributed by atoms with E-state index < -0.39 is 6.10 Å². The van der Waals surface area contributed by atoms with E-state index in [9.17, 15) is 10.2 Å². The van der Waals surface area contributed by atoms with Crippen LogP contribution in [0.4, 0.5) is 0 Å². The molecule has 3 aromatic rings. The van der Waals surface area contributed by atoms with Crippen molar-refractivity contribution in [1.29, 1.82) is 0 Å². The molecule has 0 radical (unpaired) electrons. The standard InChI is InChI=1S/C26H30N2O3S/c1-31-22-5-6-25-24(15-22)23(8-11-27-25)26(30)7-4-20-9-13-28(16-21(20)17-29)12-2-3-19-10-14-32-18-19/h5-6,8,10-11,14-15,18,20-21,26,29-30H,4,7,9,12-13,16-17H2,1H3/t20-,21-,26+/m1/s1. The largest absolute Gasteiger partial charge is 0.497 e. The minimum absolute atomic E-state index is 0.171. The Hall–Kier alpha value is -2.43. The third-order valence-electron chi connectivity index (χ3n) is 6.42. The Bertz CT molecular complexity index is 1070. The highest BCUT2D eigenvalue weighted by Gasteiger charge is 2.29. The van der Waals surface area contributed by atoms with Crippen LogP contribution in [0, 0.1) is 23.7 Å². The first-order chi connectivity index (χ1) is 15.7. The number of ether oxygens (including phenoxy) is 1. The van der Waals surface area contributed by atoms with Crippen LogP contribution in [0.15, 0.2) is 47.3 Å². The normalized spacial score (nSPS) is 20.0. The number of aliphatic hydroxyl groups excluding tert-OH is 2. The number of fused-ring (bicyclic) bond motifs is 1. The van der Waals surface area contributed by atoms with Crippen molar-refractivity contribution >= 4 is 22.2 Å². The molecule has 2 aromatic heterocycles. The molecule has 168 valence electrons. The van der Waals surface area contributed by atoms with Gasteiger partial charge in [-0.15, -0.1) is 0 Å². The Labute approximate surface area is 193 Å². The highest BCUT2D eigenvalue weighted by atomic mass is 32.1. The maximum atomic E-state index is 11.0.